The summed E-state index contributed by atoms with van der Waals surface area (Å²) in [6.45, 7) is 40.3. The van der Waals surface area contributed by atoms with Crippen LogP contribution in [0.5, 0.6) is 0 Å². The van der Waals surface area contributed by atoms with E-state index in [1.807, 2.05) is 99.8 Å². The van der Waals surface area contributed by atoms with Gasteiger partial charge >= 0.3 is 0 Å². The van der Waals surface area contributed by atoms with Crippen LogP contribution in [-0.4, -0.2) is 152 Å². The third-order valence-corrected chi connectivity index (χ3v) is 28.1. The highest BCUT2D eigenvalue weighted by atomic mass is 35.5. The van der Waals surface area contributed by atoms with Gasteiger partial charge in [0, 0.05) is 116 Å². The first-order valence-corrected chi connectivity index (χ1v) is 47.3. The molecule has 3 fully saturated rings. The van der Waals surface area contributed by atoms with Crippen LogP contribution in [0.1, 0.15) is 151 Å². The topological polar surface area (TPSA) is 363 Å². The molecule has 6 N–H and O–H groups in total. The van der Waals surface area contributed by atoms with Gasteiger partial charge in [0.05, 0.1) is 137 Å². The van der Waals surface area contributed by atoms with Crippen LogP contribution < -0.4 is 48.6 Å². The molecule has 3 saturated heterocycles. The molecule has 732 valence electrons. The number of aromatic nitrogens is 9. The van der Waals surface area contributed by atoms with E-state index in [1.165, 1.54) is 44.1 Å². The minimum atomic E-state index is -1.88. The molecule has 0 radical (unpaired) electrons. The van der Waals surface area contributed by atoms with Gasteiger partial charge in [-0.2, -0.15) is 15.8 Å². The summed E-state index contributed by atoms with van der Waals surface area (Å²) < 4.78 is 93.1. The number of carbonyl (C=O) groups excluding carboxylic acids is 3. The predicted octanol–water partition coefficient (Wildman–Crippen LogP) is 21.6. The lowest BCUT2D eigenvalue weighted by atomic mass is 10.0. The van der Waals surface area contributed by atoms with E-state index in [4.69, 9.17) is 132 Å². The van der Waals surface area contributed by atoms with Gasteiger partial charge in [0.15, 0.2) is 34.9 Å². The maximum absolute atomic E-state index is 15.6. The second-order valence-electron chi connectivity index (χ2n) is 35.3. The van der Waals surface area contributed by atoms with E-state index in [0.29, 0.717) is 75.0 Å². The van der Waals surface area contributed by atoms with Crippen molar-refractivity contribution >= 4 is 189 Å². The average Bonchev–Trinajstić information content (AvgIpc) is 0.725. The number of hydrogen-bond acceptors (Lipinski definition) is 21. The zero-order valence-electron chi connectivity index (χ0n) is 78.4. The first kappa shape index (κ1) is 106. The van der Waals surface area contributed by atoms with Crippen molar-refractivity contribution in [3.8, 4) is 69.0 Å². The number of nitrogen functional groups attached to an aromatic ring is 3. The van der Waals surface area contributed by atoms with Crippen molar-refractivity contribution < 1.29 is 40.7 Å². The largest absolute Gasteiger partial charge is 0.395 e. The molecule has 27 nitrogen and oxygen atoms in total. The molecule has 15 rings (SSSR count). The summed E-state index contributed by atoms with van der Waals surface area (Å²) in [5.41, 5.74) is 16.5. The van der Waals surface area contributed by atoms with Crippen LogP contribution in [0.4, 0.5) is 60.5 Å². The molecule has 0 unspecified atom stereocenters. The minimum absolute atomic E-state index is 0.000731. The van der Waals surface area contributed by atoms with Gasteiger partial charge in [-0.1, -0.05) is 166 Å². The number of fused-ring (bicyclic) bond motifs is 3. The van der Waals surface area contributed by atoms with Gasteiger partial charge in [0.25, 0.3) is 16.7 Å². The predicted molar refractivity (Wildman–Crippen MR) is 545 cm³/mol. The van der Waals surface area contributed by atoms with Crippen molar-refractivity contribution in [2.45, 2.75) is 158 Å². The molecule has 6 atom stereocenters. The molecule has 9 aromatic heterocycles. The van der Waals surface area contributed by atoms with Crippen LogP contribution in [0.15, 0.2) is 107 Å². The van der Waals surface area contributed by atoms with E-state index in [-0.39, 0.29) is 196 Å². The van der Waals surface area contributed by atoms with Gasteiger partial charge in [-0.25, -0.2) is 41.3 Å². The highest BCUT2D eigenvalue weighted by molar-refractivity contribution is 6.48. The number of nitriles is 3. The highest BCUT2D eigenvalue weighted by Gasteiger charge is 2.42. The summed E-state index contributed by atoms with van der Waals surface area (Å²) in [6.07, 6.45) is 8.57. The van der Waals surface area contributed by atoms with E-state index < -0.39 is 106 Å². The number of rotatable bonds is 15. The van der Waals surface area contributed by atoms with Crippen molar-refractivity contribution in [2.75, 3.05) is 71.2 Å². The number of hydrogen-bond donors (Lipinski definition) is 3. The Bertz CT molecular complexity index is 6860. The summed E-state index contributed by atoms with van der Waals surface area (Å²) in [5.74, 6) is -9.92. The van der Waals surface area contributed by atoms with E-state index in [1.54, 1.807) is 76.3 Å². The number of pyridine rings is 9. The summed E-state index contributed by atoms with van der Waals surface area (Å²) in [7, 11) is 0. The number of halogens is 15. The third kappa shape index (κ3) is 18.4. The van der Waals surface area contributed by atoms with E-state index in [0.717, 1.165) is 0 Å². The molecule has 0 spiro atoms. The number of nitrogens with zero attached hydrogens (tertiary/aromatic N) is 18. The fourth-order valence-corrected chi connectivity index (χ4v) is 21.0. The molecule has 0 saturated carbocycles. The Morgan fingerprint density at radius 1 is 0.383 bits per heavy atom. The lowest BCUT2D eigenvalue weighted by Crippen LogP contribution is -2.58. The summed E-state index contributed by atoms with van der Waals surface area (Å²) >= 11 is 58.2. The molecule has 12 aromatic rings. The first-order valence-electron chi connectivity index (χ1n) is 43.9. The van der Waals surface area contributed by atoms with Crippen LogP contribution in [-0.2, 0) is 14.4 Å². The molecule has 3 amide bonds. The standard InChI is InChI=1S/C33H30Cl4FN7O2.C33H30Cl3F2N7O2.C33H30Cl2F3N7O2/c1-7-21(46)44-16(5)12-43(13-17(44)6)31-18-10-20(34)29(22-23(35)25(37)26(38)27(40)24(22)36)42-32(18)45(33(47)19(31)11-39)30-15(4)8-9-41-28(30)14(2)3;1-7-21(46)44-16(5)12-43(13-17(44)6)31-18-10-20(34)29(22-23(35)27(40)26(38)24(36)25(22)37)42-32(18)45(33(47)19(31)11-39)30-15(4)8-9-41-28(30)14(2)3;1-7-21(46)44-16(5)12-43(13-17(44)6)31-18-10-20(34)29(22-23(35)27(40)26(38)25(37)24(22)36)42-32(18)45(33(47)19(31)11-39)30-15(4)8-9-41-28(30)14(2)3/h3*7-10,14,16-17H,1,12-13,40H2,2-6H3/t3*16-,17+. The Balaban J connectivity index is 0.000000178. The Morgan fingerprint density at radius 3 is 0.908 bits per heavy atom. The Kier molecular flexibility index (Phi) is 31.0. The van der Waals surface area contributed by atoms with Gasteiger partial charge < -0.3 is 46.6 Å². The van der Waals surface area contributed by atoms with Crippen LogP contribution in [0.25, 0.3) is 83.9 Å². The fourth-order valence-electron chi connectivity index (χ4n) is 18.8. The van der Waals surface area contributed by atoms with Gasteiger partial charge in [0.2, 0.25) is 17.7 Å². The van der Waals surface area contributed by atoms with Gasteiger partial charge in [-0.05, 0) is 151 Å². The van der Waals surface area contributed by atoms with Crippen LogP contribution in [0.2, 0.25) is 45.2 Å². The Labute approximate surface area is 850 Å². The SMILES string of the molecule is C=CC(=O)N1[C@H](C)CN(c2c(C#N)c(=O)n(-c3c(C)ccnc3C(C)C)c3nc(-c4c(Cl)c(N)c(F)c(Cl)c4Cl)c(Cl)cc23)C[C@@H]1C.C=CC(=O)N1[C@H](C)CN(c2c(C#N)c(=O)n(-c3c(C)ccnc3C(C)C)c3nc(-c4c(F)c(Cl)c(F)c(N)c4Cl)c(Cl)cc23)C[C@@H]1C.C=CC(=O)N1[C@H](C)CN(c2c(C#N)c(=O)n(-c3c(C)ccnc3C(C)C)c3nc(-c4c(F)c(F)c(F)c(N)c4Cl)c(Cl)cc23)C[C@@H]1C. The summed E-state index contributed by atoms with van der Waals surface area (Å²) in [5, 5.41) is 29.0. The zero-order valence-corrected chi connectivity index (χ0v) is 85.2. The Hall–Kier alpha value is -12.7. The van der Waals surface area contributed by atoms with Crippen molar-refractivity contribution in [3.63, 3.8) is 0 Å². The maximum Gasteiger partial charge on any atom is 0.276 e. The van der Waals surface area contributed by atoms with Crippen molar-refractivity contribution in [1.29, 1.82) is 15.8 Å². The van der Waals surface area contributed by atoms with Gasteiger partial charge in [-0.3, -0.25) is 57.4 Å². The lowest BCUT2D eigenvalue weighted by Gasteiger charge is -2.45. The van der Waals surface area contributed by atoms with Gasteiger partial charge in [0.1, 0.15) is 56.9 Å². The number of nitrogens with two attached hydrogens (primary N) is 3. The summed E-state index contributed by atoms with van der Waals surface area (Å²) in [4.78, 5) is 120. The second kappa shape index (κ2) is 41.5. The molecule has 3 aromatic carbocycles. The van der Waals surface area contributed by atoms with Crippen LogP contribution in [0.3, 0.4) is 0 Å². The highest BCUT2D eigenvalue weighted by Crippen LogP contribution is 2.51. The molecular formula is C99H90Cl9F6N21O6. The molecule has 3 aliphatic heterocycles. The quantitative estimate of drug-likeness (QED) is 0.0282. The minimum Gasteiger partial charge on any atom is -0.395 e. The Morgan fingerprint density at radius 2 is 0.638 bits per heavy atom. The normalized spacial score (nSPS) is 16.6. The zero-order chi connectivity index (χ0) is 104. The van der Waals surface area contributed by atoms with Gasteiger partial charge in [-0.15, -0.1) is 0 Å². The van der Waals surface area contributed by atoms with Crippen LogP contribution in [0, 0.1) is 89.7 Å². The molecular weight excluding hydrogens is 2010 g/mol. The van der Waals surface area contributed by atoms with E-state index in [2.05, 4.69) is 57.9 Å². The number of piperazine rings is 3. The van der Waals surface area contributed by atoms with Crippen LogP contribution >= 0.6 is 104 Å². The molecule has 0 bridgehead atoms. The summed E-state index contributed by atoms with van der Waals surface area (Å²) in [6, 6.07) is 13.8. The monoisotopic (exact) mass is 2100 g/mol. The van der Waals surface area contributed by atoms with Crippen molar-refractivity contribution in [1.82, 2.24) is 58.3 Å². The number of carbonyl (C=O) groups is 3. The van der Waals surface area contributed by atoms with E-state index in [9.17, 15) is 62.1 Å². The average molecular weight is 2100 g/mol. The van der Waals surface area contributed by atoms with Crippen molar-refractivity contribution in [3.05, 3.63) is 255 Å². The molecule has 3 aliphatic rings. The molecule has 141 heavy (non-hydrogen) atoms. The fraction of sp³-hybridized carbons (Fsp3) is 0.303. The number of amides is 3. The van der Waals surface area contributed by atoms with Crippen molar-refractivity contribution in [2.24, 2.45) is 0 Å². The maximum atomic E-state index is 15.6. The molecule has 0 aliphatic carbocycles. The number of anilines is 6. The number of aryl methyl sites for hydroxylation is 3. The molecule has 42 heteroatoms. The van der Waals surface area contributed by atoms with E-state index >= 15 is 8.78 Å². The first-order chi connectivity index (χ1) is 66.5. The number of benzene rings is 3. The lowest BCUT2D eigenvalue weighted by molar-refractivity contribution is -0.131. The molecule has 12 heterocycles. The third-order valence-electron chi connectivity index (χ3n) is 24.9. The smallest absolute Gasteiger partial charge is 0.276 e. The second-order valence-corrected chi connectivity index (χ2v) is 38.8.